The van der Waals surface area contributed by atoms with E-state index >= 15 is 0 Å². The van der Waals surface area contributed by atoms with Gasteiger partial charge in [0.2, 0.25) is 17.7 Å². The van der Waals surface area contributed by atoms with Crippen molar-refractivity contribution in [2.75, 3.05) is 19.6 Å². The third kappa shape index (κ3) is 5.54. The Hall–Kier alpha value is -2.43. The number of ketones is 1. The Balaban J connectivity index is 1.35. The molecule has 0 spiro atoms. The van der Waals surface area contributed by atoms with E-state index in [9.17, 15) is 24.4 Å². The number of rotatable bonds is 7. The second kappa shape index (κ2) is 10.7. The number of nitrogens with zero attached hydrogens (tertiary/aromatic N) is 4. The molecule has 192 valence electrons. The van der Waals surface area contributed by atoms with Gasteiger partial charge in [-0.25, -0.2) is 0 Å². The molecular weight excluding hydrogens is 444 g/mol. The maximum Gasteiger partial charge on any atom is 0.246 e. The van der Waals surface area contributed by atoms with Crippen molar-refractivity contribution in [1.82, 2.24) is 14.7 Å². The molecule has 3 atom stereocenters. The fourth-order valence-electron chi connectivity index (χ4n) is 6.61. The summed E-state index contributed by atoms with van der Waals surface area (Å²) in [4.78, 5) is 57.8. The molecule has 35 heavy (non-hydrogen) atoms. The van der Waals surface area contributed by atoms with Gasteiger partial charge in [-0.3, -0.25) is 19.2 Å². The number of hydrogen-bond acceptors (Lipinski definition) is 5. The first-order valence-corrected chi connectivity index (χ1v) is 13.5. The lowest BCUT2D eigenvalue weighted by molar-refractivity contribution is -0.146. The standard InChI is InChI=1S/C27H40N4O4/c1-27(2,16-23(32)30-14-6-11-21(30)25(34)19-8-3-4-9-19)17-24(33)31-15-7-12-22(31)26(35)29-13-5-10-20(29)18-28/h19-22H,3-17H2,1-2H3/t20-,21-,22-/m0/s1. The monoisotopic (exact) mass is 484 g/mol. The molecule has 3 heterocycles. The highest BCUT2D eigenvalue weighted by atomic mass is 16.2. The molecule has 0 aromatic carbocycles. The fraction of sp³-hybridized carbons (Fsp3) is 0.815. The lowest BCUT2D eigenvalue weighted by Gasteiger charge is -2.33. The quantitative estimate of drug-likeness (QED) is 0.553. The van der Waals surface area contributed by atoms with Crippen LogP contribution in [0.1, 0.15) is 90.9 Å². The summed E-state index contributed by atoms with van der Waals surface area (Å²) in [6.07, 6.45) is 8.98. The van der Waals surface area contributed by atoms with Gasteiger partial charge in [-0.2, -0.15) is 5.26 Å². The third-order valence-corrected chi connectivity index (χ3v) is 8.46. The van der Waals surface area contributed by atoms with Gasteiger partial charge in [0.1, 0.15) is 12.1 Å². The van der Waals surface area contributed by atoms with Crippen LogP contribution < -0.4 is 0 Å². The van der Waals surface area contributed by atoms with Crippen molar-refractivity contribution in [2.24, 2.45) is 11.3 Å². The largest absolute Gasteiger partial charge is 0.333 e. The average molecular weight is 485 g/mol. The zero-order valence-electron chi connectivity index (χ0n) is 21.3. The van der Waals surface area contributed by atoms with E-state index in [0.29, 0.717) is 32.5 Å². The van der Waals surface area contributed by atoms with Gasteiger partial charge in [-0.15, -0.1) is 0 Å². The summed E-state index contributed by atoms with van der Waals surface area (Å²) in [6, 6.07) is 1.02. The molecule has 3 saturated heterocycles. The molecule has 3 amide bonds. The number of hydrogen-bond donors (Lipinski definition) is 0. The predicted octanol–water partition coefficient (Wildman–Crippen LogP) is 3.05. The smallest absolute Gasteiger partial charge is 0.246 e. The van der Waals surface area contributed by atoms with Gasteiger partial charge in [-0.05, 0) is 56.8 Å². The van der Waals surface area contributed by atoms with Crippen LogP contribution >= 0.6 is 0 Å². The molecule has 0 radical (unpaired) electrons. The minimum Gasteiger partial charge on any atom is -0.333 e. The number of Topliss-reactive ketones (excluding diaryl/α,β-unsaturated/α-hetero) is 1. The van der Waals surface area contributed by atoms with Crippen LogP contribution in [0, 0.1) is 22.7 Å². The van der Waals surface area contributed by atoms with Crippen LogP contribution in [-0.4, -0.2) is 76.0 Å². The fourth-order valence-corrected chi connectivity index (χ4v) is 6.61. The van der Waals surface area contributed by atoms with E-state index in [1.807, 2.05) is 13.8 Å². The van der Waals surface area contributed by atoms with Gasteiger partial charge in [0.15, 0.2) is 5.78 Å². The molecule has 0 aromatic rings. The highest BCUT2D eigenvalue weighted by molar-refractivity contribution is 5.92. The summed E-state index contributed by atoms with van der Waals surface area (Å²) in [6.45, 7) is 5.57. The lowest BCUT2D eigenvalue weighted by atomic mass is 9.84. The highest BCUT2D eigenvalue weighted by Crippen LogP contribution is 2.34. The zero-order valence-corrected chi connectivity index (χ0v) is 21.3. The summed E-state index contributed by atoms with van der Waals surface area (Å²) < 4.78 is 0. The van der Waals surface area contributed by atoms with Crippen molar-refractivity contribution in [3.05, 3.63) is 0 Å². The Bertz CT molecular complexity index is 888. The third-order valence-electron chi connectivity index (χ3n) is 8.46. The highest BCUT2D eigenvalue weighted by Gasteiger charge is 2.43. The first-order valence-electron chi connectivity index (χ1n) is 13.5. The van der Waals surface area contributed by atoms with Gasteiger partial charge in [0.05, 0.1) is 12.1 Å². The van der Waals surface area contributed by atoms with Crippen LogP contribution in [0.3, 0.4) is 0 Å². The van der Waals surface area contributed by atoms with E-state index in [2.05, 4.69) is 6.07 Å². The van der Waals surface area contributed by atoms with Crippen molar-refractivity contribution in [3.8, 4) is 6.07 Å². The second-order valence-corrected chi connectivity index (χ2v) is 11.7. The van der Waals surface area contributed by atoms with Crippen LogP contribution in [0.15, 0.2) is 0 Å². The molecule has 4 aliphatic rings. The normalized spacial score (nSPS) is 27.5. The SMILES string of the molecule is CC(C)(CC(=O)N1CCC[C@H]1C(=O)C1CCCC1)CC(=O)N1CCC[C@H]1C(=O)N1CCC[C@H]1C#N. The molecule has 4 fully saturated rings. The summed E-state index contributed by atoms with van der Waals surface area (Å²) in [5.74, 6) is 0.0761. The van der Waals surface area contributed by atoms with Gasteiger partial charge in [0, 0.05) is 38.4 Å². The minimum absolute atomic E-state index is 0.0420. The van der Waals surface area contributed by atoms with E-state index in [1.165, 1.54) is 0 Å². The van der Waals surface area contributed by atoms with Gasteiger partial charge >= 0.3 is 0 Å². The van der Waals surface area contributed by atoms with Crippen LogP contribution in [0.2, 0.25) is 0 Å². The molecule has 1 aliphatic carbocycles. The van der Waals surface area contributed by atoms with Crippen LogP contribution in [-0.2, 0) is 19.2 Å². The molecule has 0 bridgehead atoms. The van der Waals surface area contributed by atoms with Crippen molar-refractivity contribution in [3.63, 3.8) is 0 Å². The maximum atomic E-state index is 13.3. The minimum atomic E-state index is -0.573. The first-order chi connectivity index (χ1) is 16.7. The molecular formula is C27H40N4O4. The van der Waals surface area contributed by atoms with E-state index < -0.39 is 17.5 Å². The molecule has 8 heteroatoms. The first kappa shape index (κ1) is 25.7. The van der Waals surface area contributed by atoms with Crippen LogP contribution in [0.4, 0.5) is 0 Å². The Labute approximate surface area is 209 Å². The Morgan fingerprint density at radius 3 is 1.86 bits per heavy atom. The van der Waals surface area contributed by atoms with Crippen molar-refractivity contribution in [2.45, 2.75) is 109 Å². The van der Waals surface area contributed by atoms with E-state index in [4.69, 9.17) is 0 Å². The number of amides is 3. The number of likely N-dealkylation sites (tertiary alicyclic amines) is 3. The van der Waals surface area contributed by atoms with Gasteiger partial charge in [-0.1, -0.05) is 26.7 Å². The lowest BCUT2D eigenvalue weighted by Crippen LogP contribution is -2.50. The van der Waals surface area contributed by atoms with Crippen LogP contribution in [0.5, 0.6) is 0 Å². The Morgan fingerprint density at radius 2 is 1.26 bits per heavy atom. The molecule has 0 N–H and O–H groups in total. The summed E-state index contributed by atoms with van der Waals surface area (Å²) in [5, 5.41) is 9.36. The Morgan fingerprint density at radius 1 is 0.743 bits per heavy atom. The molecule has 0 aromatic heterocycles. The molecule has 1 saturated carbocycles. The number of nitriles is 1. The van der Waals surface area contributed by atoms with Gasteiger partial charge in [0.25, 0.3) is 0 Å². The molecule has 3 aliphatic heterocycles. The van der Waals surface area contributed by atoms with E-state index in [-0.39, 0.29) is 48.3 Å². The Kier molecular flexibility index (Phi) is 7.83. The number of carbonyl (C=O) groups excluding carboxylic acids is 4. The summed E-state index contributed by atoms with van der Waals surface area (Å²) in [5.41, 5.74) is -0.573. The van der Waals surface area contributed by atoms with E-state index in [1.54, 1.807) is 14.7 Å². The van der Waals surface area contributed by atoms with Crippen LogP contribution in [0.25, 0.3) is 0 Å². The van der Waals surface area contributed by atoms with Crippen molar-refractivity contribution >= 4 is 23.5 Å². The predicted molar refractivity (Wildman–Crippen MR) is 130 cm³/mol. The zero-order chi connectivity index (χ0) is 25.2. The van der Waals surface area contributed by atoms with Crippen molar-refractivity contribution < 1.29 is 19.2 Å². The molecule has 0 unspecified atom stereocenters. The maximum absolute atomic E-state index is 13.3. The second-order valence-electron chi connectivity index (χ2n) is 11.7. The summed E-state index contributed by atoms with van der Waals surface area (Å²) in [7, 11) is 0. The molecule has 8 nitrogen and oxygen atoms in total. The topological polar surface area (TPSA) is 102 Å². The van der Waals surface area contributed by atoms with Crippen molar-refractivity contribution in [1.29, 1.82) is 5.26 Å². The van der Waals surface area contributed by atoms with E-state index in [0.717, 1.165) is 51.4 Å². The van der Waals surface area contributed by atoms with Gasteiger partial charge < -0.3 is 14.7 Å². The summed E-state index contributed by atoms with van der Waals surface area (Å²) >= 11 is 0. The average Bonchev–Trinajstić information content (AvgIpc) is 3.63. The molecule has 4 rings (SSSR count). The number of carbonyl (C=O) groups is 4.